The minimum atomic E-state index is -3.86. The number of ether oxygens (including phenoxy) is 3. The van der Waals surface area contributed by atoms with Gasteiger partial charge in [0, 0.05) is 20.3 Å². The van der Waals surface area contributed by atoms with Gasteiger partial charge in [0.15, 0.2) is 11.9 Å². The van der Waals surface area contributed by atoms with Crippen molar-refractivity contribution in [1.82, 2.24) is 23.8 Å². The van der Waals surface area contributed by atoms with Crippen LogP contribution in [-0.2, 0) is 45.2 Å². The van der Waals surface area contributed by atoms with Gasteiger partial charge in [-0.05, 0) is 0 Å². The molecule has 0 saturated carbocycles. The van der Waals surface area contributed by atoms with Crippen LogP contribution in [0.3, 0.4) is 0 Å². The van der Waals surface area contributed by atoms with E-state index in [4.69, 9.17) is 19.9 Å². The summed E-state index contributed by atoms with van der Waals surface area (Å²) in [5, 5.41) is 0. The van der Waals surface area contributed by atoms with Gasteiger partial charge in [-0.3, -0.25) is 23.7 Å². The van der Waals surface area contributed by atoms with Crippen LogP contribution >= 0.6 is 0 Å². The Morgan fingerprint density at radius 1 is 1.30 bits per heavy atom. The van der Waals surface area contributed by atoms with Crippen LogP contribution in [-0.4, -0.2) is 70.4 Å². The molecule has 1 aliphatic rings. The number of esters is 2. The number of aromatic nitrogens is 4. The fourth-order valence-corrected chi connectivity index (χ4v) is 3.89. The second-order valence-corrected chi connectivity index (χ2v) is 9.06. The Labute approximate surface area is 186 Å². The first-order valence-corrected chi connectivity index (χ1v) is 11.4. The van der Waals surface area contributed by atoms with Crippen molar-refractivity contribution in [3.8, 4) is 0 Å². The van der Waals surface area contributed by atoms with Crippen LogP contribution in [0, 0.1) is 0 Å². The second-order valence-electron chi connectivity index (χ2n) is 7.31. The van der Waals surface area contributed by atoms with Crippen molar-refractivity contribution >= 4 is 45.0 Å². The Morgan fingerprint density at radius 2 is 2.00 bits per heavy atom. The fraction of sp³-hybridized carbons (Fsp3) is 0.529. The van der Waals surface area contributed by atoms with Crippen LogP contribution < -0.4 is 16.1 Å². The molecule has 3 rings (SSSR count). The number of sulfonamides is 1. The number of nitrogens with zero attached hydrogens (tertiary/aromatic N) is 4. The molecule has 2 aromatic rings. The number of carbonyl (C=O) groups excluding carboxylic acids is 3. The molecule has 1 saturated heterocycles. The van der Waals surface area contributed by atoms with Crippen LogP contribution in [0.4, 0.5) is 5.95 Å². The van der Waals surface area contributed by atoms with Crippen LogP contribution in [0.25, 0.3) is 11.2 Å². The summed E-state index contributed by atoms with van der Waals surface area (Å²) >= 11 is 0. The zero-order chi connectivity index (χ0) is 24.5. The van der Waals surface area contributed by atoms with Crippen LogP contribution in [0.15, 0.2) is 11.0 Å². The van der Waals surface area contributed by atoms with Crippen LogP contribution in [0.5, 0.6) is 0 Å². The zero-order valence-corrected chi connectivity index (χ0v) is 18.7. The zero-order valence-electron chi connectivity index (χ0n) is 17.9. The van der Waals surface area contributed by atoms with Gasteiger partial charge in [0.2, 0.25) is 16.0 Å². The number of hydrogen-bond donors (Lipinski definition) is 2. The Balaban J connectivity index is 2.06. The highest BCUT2D eigenvalue weighted by Gasteiger charge is 2.42. The van der Waals surface area contributed by atoms with Crippen LogP contribution in [0.1, 0.15) is 26.5 Å². The summed E-state index contributed by atoms with van der Waals surface area (Å²) in [5.41, 5.74) is 4.88. The third kappa shape index (κ3) is 5.64. The van der Waals surface area contributed by atoms with Crippen LogP contribution in [0.2, 0.25) is 0 Å². The van der Waals surface area contributed by atoms with Crippen molar-refractivity contribution in [2.75, 3.05) is 18.6 Å². The number of anilines is 1. The summed E-state index contributed by atoms with van der Waals surface area (Å²) < 4.78 is 42.5. The highest BCUT2D eigenvalue weighted by atomic mass is 32.2. The summed E-state index contributed by atoms with van der Waals surface area (Å²) in [6.07, 6.45) is -0.776. The minimum absolute atomic E-state index is 0.0325. The third-order valence-electron chi connectivity index (χ3n) is 4.52. The molecule has 2 aromatic heterocycles. The fourth-order valence-electron chi connectivity index (χ4n) is 3.42. The SMILES string of the molecule is CC(=O)OC[C@@H]1C[C@@H](OC(C)=O)[C@H](n2c(=O)n(CC(=O)NS(C)(=O)=O)c3cnc(N)nc32)O1. The maximum absolute atomic E-state index is 13.3. The summed E-state index contributed by atoms with van der Waals surface area (Å²) in [7, 11) is -3.86. The van der Waals surface area contributed by atoms with Gasteiger partial charge in [-0.2, -0.15) is 4.98 Å². The number of hydrogen-bond acceptors (Lipinski definition) is 12. The molecule has 15 nitrogen and oxygen atoms in total. The lowest BCUT2D eigenvalue weighted by molar-refractivity contribution is -0.153. The molecule has 3 atom stereocenters. The number of nitrogens with one attached hydrogen (secondary N) is 1. The van der Waals surface area contributed by atoms with Gasteiger partial charge < -0.3 is 19.9 Å². The van der Waals surface area contributed by atoms with E-state index in [1.807, 2.05) is 0 Å². The van der Waals surface area contributed by atoms with E-state index in [0.29, 0.717) is 0 Å². The predicted molar refractivity (Wildman–Crippen MR) is 110 cm³/mol. The first-order valence-electron chi connectivity index (χ1n) is 9.55. The molecule has 0 aromatic carbocycles. The lowest BCUT2D eigenvalue weighted by atomic mass is 10.2. The predicted octanol–water partition coefficient (Wildman–Crippen LogP) is -1.97. The summed E-state index contributed by atoms with van der Waals surface area (Å²) in [4.78, 5) is 56.1. The number of nitrogens with two attached hydrogens (primary N) is 1. The maximum Gasteiger partial charge on any atom is 0.333 e. The second kappa shape index (κ2) is 9.14. The average Bonchev–Trinajstić information content (AvgIpc) is 3.16. The molecule has 180 valence electrons. The molecule has 3 heterocycles. The van der Waals surface area contributed by atoms with Crippen molar-refractivity contribution < 1.29 is 37.0 Å². The summed E-state index contributed by atoms with van der Waals surface area (Å²) in [6.45, 7) is 1.57. The highest BCUT2D eigenvalue weighted by molar-refractivity contribution is 7.89. The number of imidazole rings is 1. The average molecular weight is 486 g/mol. The Hall–Kier alpha value is -3.53. The van der Waals surface area contributed by atoms with Gasteiger partial charge in [0.25, 0.3) is 5.91 Å². The molecule has 1 aliphatic heterocycles. The third-order valence-corrected chi connectivity index (χ3v) is 5.11. The van der Waals surface area contributed by atoms with Crippen molar-refractivity contribution in [3.05, 3.63) is 16.7 Å². The Bertz CT molecular complexity index is 1270. The van der Waals surface area contributed by atoms with Crippen molar-refractivity contribution in [2.24, 2.45) is 0 Å². The summed E-state index contributed by atoms with van der Waals surface area (Å²) in [5.74, 6) is -2.35. The highest BCUT2D eigenvalue weighted by Crippen LogP contribution is 2.33. The molecule has 0 radical (unpaired) electrons. The summed E-state index contributed by atoms with van der Waals surface area (Å²) in [6, 6.07) is 0. The Morgan fingerprint density at radius 3 is 2.61 bits per heavy atom. The Kier molecular flexibility index (Phi) is 6.68. The molecule has 33 heavy (non-hydrogen) atoms. The molecule has 1 fully saturated rings. The lowest BCUT2D eigenvalue weighted by Gasteiger charge is -2.19. The molecule has 0 aliphatic carbocycles. The van der Waals surface area contributed by atoms with Crippen molar-refractivity contribution in [1.29, 1.82) is 0 Å². The lowest BCUT2D eigenvalue weighted by Crippen LogP contribution is -2.38. The van der Waals surface area contributed by atoms with Gasteiger partial charge >= 0.3 is 17.6 Å². The molecule has 3 N–H and O–H groups in total. The first kappa shape index (κ1) is 24.1. The van der Waals surface area contributed by atoms with Gasteiger partial charge in [-0.25, -0.2) is 22.8 Å². The molecule has 0 bridgehead atoms. The number of nitrogen functional groups attached to an aromatic ring is 1. The van der Waals surface area contributed by atoms with E-state index in [9.17, 15) is 27.6 Å². The normalized spacial score (nSPS) is 20.5. The smallest absolute Gasteiger partial charge is 0.333 e. The monoisotopic (exact) mass is 486 g/mol. The van der Waals surface area contributed by atoms with Crippen molar-refractivity contribution in [2.45, 2.75) is 45.2 Å². The van der Waals surface area contributed by atoms with E-state index in [1.165, 1.54) is 20.0 Å². The molecule has 1 amide bonds. The number of rotatable bonds is 7. The maximum atomic E-state index is 13.3. The van der Waals surface area contributed by atoms with E-state index < -0.39 is 58.5 Å². The van der Waals surface area contributed by atoms with Gasteiger partial charge in [0.05, 0.1) is 18.6 Å². The van der Waals surface area contributed by atoms with E-state index in [-0.39, 0.29) is 30.1 Å². The number of carbonyl (C=O) groups is 3. The van der Waals surface area contributed by atoms with E-state index in [0.717, 1.165) is 15.4 Å². The largest absolute Gasteiger partial charge is 0.463 e. The van der Waals surface area contributed by atoms with Crippen molar-refractivity contribution in [3.63, 3.8) is 0 Å². The standard InChI is InChI=1S/C17H22N6O9S/c1-8(24)30-7-10-4-12(31-9(2)25)15(32-10)23-14-11(5-19-16(18)20-14)22(17(23)27)6-13(26)21-33(3,28)29/h5,10,12,15H,4,6-7H2,1-3H3,(H,21,26)(H2,18,19,20)/t10-,12+,15+/m0/s1. The molecule has 0 spiro atoms. The minimum Gasteiger partial charge on any atom is -0.463 e. The van der Waals surface area contributed by atoms with Gasteiger partial charge in [-0.1, -0.05) is 0 Å². The van der Waals surface area contributed by atoms with E-state index in [1.54, 1.807) is 4.72 Å². The molecular formula is C17H22N6O9S. The molecule has 0 unspecified atom stereocenters. The topological polar surface area (TPSA) is 204 Å². The van der Waals surface area contributed by atoms with Gasteiger partial charge in [0.1, 0.15) is 24.8 Å². The van der Waals surface area contributed by atoms with Gasteiger partial charge in [-0.15, -0.1) is 0 Å². The molecular weight excluding hydrogens is 464 g/mol. The van der Waals surface area contributed by atoms with E-state index >= 15 is 0 Å². The van der Waals surface area contributed by atoms with E-state index in [2.05, 4.69) is 9.97 Å². The number of amides is 1. The number of fused-ring (bicyclic) bond motifs is 1. The first-order chi connectivity index (χ1) is 15.4. The molecule has 16 heteroatoms. The quantitative estimate of drug-likeness (QED) is 0.409.